The molecule has 0 bridgehead atoms. The van der Waals surface area contributed by atoms with Crippen LogP contribution in [0.15, 0.2) is 30.6 Å². The standard InChI is InChI=1S/C13H13N3O2/c1-2-14-13-15-6-10(7-16-13)9-3-4-11-12(5-9)18-8-17-11/h3-7H,2,8H2,1H3,(H,14,15,16). The third-order valence-electron chi connectivity index (χ3n) is 2.69. The van der Waals surface area contributed by atoms with Crippen LogP contribution >= 0.6 is 0 Å². The fourth-order valence-corrected chi connectivity index (χ4v) is 1.80. The van der Waals surface area contributed by atoms with Gasteiger partial charge in [-0.2, -0.15) is 0 Å². The molecule has 2 heterocycles. The summed E-state index contributed by atoms with van der Waals surface area (Å²) in [7, 11) is 0. The molecule has 0 spiro atoms. The number of ether oxygens (including phenoxy) is 2. The van der Waals surface area contributed by atoms with E-state index in [9.17, 15) is 0 Å². The van der Waals surface area contributed by atoms with Crippen LogP contribution in [0.25, 0.3) is 11.1 Å². The lowest BCUT2D eigenvalue weighted by molar-refractivity contribution is 0.174. The highest BCUT2D eigenvalue weighted by atomic mass is 16.7. The van der Waals surface area contributed by atoms with Crippen LogP contribution in [0.4, 0.5) is 5.95 Å². The van der Waals surface area contributed by atoms with E-state index in [-0.39, 0.29) is 6.79 Å². The van der Waals surface area contributed by atoms with Gasteiger partial charge in [0.2, 0.25) is 12.7 Å². The summed E-state index contributed by atoms with van der Waals surface area (Å²) in [6.45, 7) is 3.10. The molecule has 0 atom stereocenters. The molecule has 0 unspecified atom stereocenters. The normalized spacial score (nSPS) is 12.5. The first-order valence-electron chi connectivity index (χ1n) is 5.83. The van der Waals surface area contributed by atoms with Crippen LogP contribution < -0.4 is 14.8 Å². The minimum absolute atomic E-state index is 0.286. The first kappa shape index (κ1) is 10.8. The van der Waals surface area contributed by atoms with Gasteiger partial charge in [0.25, 0.3) is 0 Å². The Labute approximate surface area is 105 Å². The Morgan fingerprint density at radius 2 is 1.89 bits per heavy atom. The molecule has 92 valence electrons. The van der Waals surface area contributed by atoms with Crippen molar-refractivity contribution < 1.29 is 9.47 Å². The largest absolute Gasteiger partial charge is 0.454 e. The lowest BCUT2D eigenvalue weighted by Gasteiger charge is -2.04. The Balaban J connectivity index is 1.90. The first-order chi connectivity index (χ1) is 8.86. The number of nitrogens with one attached hydrogen (secondary N) is 1. The van der Waals surface area contributed by atoms with E-state index in [1.54, 1.807) is 12.4 Å². The monoisotopic (exact) mass is 243 g/mol. The average Bonchev–Trinajstić information content (AvgIpc) is 2.87. The molecule has 5 nitrogen and oxygen atoms in total. The van der Waals surface area contributed by atoms with Crippen molar-refractivity contribution in [1.29, 1.82) is 0 Å². The van der Waals surface area contributed by atoms with Crippen molar-refractivity contribution in [3.05, 3.63) is 30.6 Å². The van der Waals surface area contributed by atoms with E-state index in [4.69, 9.17) is 9.47 Å². The third-order valence-corrected chi connectivity index (χ3v) is 2.69. The van der Waals surface area contributed by atoms with Crippen molar-refractivity contribution in [3.8, 4) is 22.6 Å². The zero-order valence-electron chi connectivity index (χ0n) is 10.0. The highest BCUT2D eigenvalue weighted by molar-refractivity contribution is 5.66. The molecule has 3 rings (SSSR count). The number of nitrogens with zero attached hydrogens (tertiary/aromatic N) is 2. The zero-order valence-corrected chi connectivity index (χ0v) is 10.0. The SMILES string of the molecule is CCNc1ncc(-c2ccc3c(c2)OCO3)cn1. The summed E-state index contributed by atoms with van der Waals surface area (Å²) < 4.78 is 10.6. The summed E-state index contributed by atoms with van der Waals surface area (Å²) >= 11 is 0. The van der Waals surface area contributed by atoms with Gasteiger partial charge in [-0.15, -0.1) is 0 Å². The zero-order chi connectivity index (χ0) is 12.4. The average molecular weight is 243 g/mol. The summed E-state index contributed by atoms with van der Waals surface area (Å²) in [5, 5.41) is 3.06. The quantitative estimate of drug-likeness (QED) is 0.896. The molecule has 0 saturated heterocycles. The Hall–Kier alpha value is -2.30. The van der Waals surface area contributed by atoms with E-state index >= 15 is 0 Å². The van der Waals surface area contributed by atoms with Gasteiger partial charge in [0.1, 0.15) is 0 Å². The molecule has 0 saturated carbocycles. The maximum absolute atomic E-state index is 5.35. The van der Waals surface area contributed by atoms with Gasteiger partial charge in [0, 0.05) is 24.5 Å². The molecule has 18 heavy (non-hydrogen) atoms. The number of anilines is 1. The number of fused-ring (bicyclic) bond motifs is 1. The fraction of sp³-hybridized carbons (Fsp3) is 0.231. The van der Waals surface area contributed by atoms with Gasteiger partial charge in [0.15, 0.2) is 11.5 Å². The van der Waals surface area contributed by atoms with Crippen molar-refractivity contribution in [1.82, 2.24) is 9.97 Å². The Kier molecular flexibility index (Phi) is 2.72. The van der Waals surface area contributed by atoms with Crippen LogP contribution in [-0.4, -0.2) is 23.3 Å². The van der Waals surface area contributed by atoms with Gasteiger partial charge in [-0.05, 0) is 24.6 Å². The second-order valence-electron chi connectivity index (χ2n) is 3.89. The van der Waals surface area contributed by atoms with E-state index in [2.05, 4.69) is 15.3 Å². The maximum Gasteiger partial charge on any atom is 0.231 e. The minimum atomic E-state index is 0.286. The number of rotatable bonds is 3. The van der Waals surface area contributed by atoms with E-state index in [1.165, 1.54) is 0 Å². The third kappa shape index (κ3) is 1.95. The summed E-state index contributed by atoms with van der Waals surface area (Å²) in [4.78, 5) is 8.49. The van der Waals surface area contributed by atoms with Crippen LogP contribution in [0.1, 0.15) is 6.92 Å². The Bertz CT molecular complexity index is 555. The summed E-state index contributed by atoms with van der Waals surface area (Å²) in [5.41, 5.74) is 1.97. The molecular formula is C13H13N3O2. The van der Waals surface area contributed by atoms with Crippen LogP contribution in [0.2, 0.25) is 0 Å². The Morgan fingerprint density at radius 1 is 1.11 bits per heavy atom. The molecule has 1 aromatic carbocycles. The number of hydrogen-bond donors (Lipinski definition) is 1. The predicted molar refractivity (Wildman–Crippen MR) is 67.8 cm³/mol. The molecule has 1 aliphatic heterocycles. The maximum atomic E-state index is 5.35. The second-order valence-corrected chi connectivity index (χ2v) is 3.89. The van der Waals surface area contributed by atoms with Crippen LogP contribution in [0.5, 0.6) is 11.5 Å². The van der Waals surface area contributed by atoms with Gasteiger partial charge in [-0.3, -0.25) is 0 Å². The summed E-state index contributed by atoms with van der Waals surface area (Å²) in [6, 6.07) is 5.81. The van der Waals surface area contributed by atoms with Crippen molar-refractivity contribution in [2.45, 2.75) is 6.92 Å². The minimum Gasteiger partial charge on any atom is -0.454 e. The van der Waals surface area contributed by atoms with Crippen molar-refractivity contribution in [2.24, 2.45) is 0 Å². The topological polar surface area (TPSA) is 56.3 Å². The molecular weight excluding hydrogens is 230 g/mol. The molecule has 0 aliphatic carbocycles. The summed E-state index contributed by atoms with van der Waals surface area (Å²) in [6.07, 6.45) is 3.59. The number of benzene rings is 1. The van der Waals surface area contributed by atoms with Crippen molar-refractivity contribution >= 4 is 5.95 Å². The molecule has 1 N–H and O–H groups in total. The lowest BCUT2D eigenvalue weighted by atomic mass is 10.1. The smallest absolute Gasteiger partial charge is 0.231 e. The van der Waals surface area contributed by atoms with Crippen molar-refractivity contribution in [3.63, 3.8) is 0 Å². The highest BCUT2D eigenvalue weighted by Gasteiger charge is 2.13. The molecule has 5 heteroatoms. The van der Waals surface area contributed by atoms with Gasteiger partial charge < -0.3 is 14.8 Å². The van der Waals surface area contributed by atoms with Gasteiger partial charge >= 0.3 is 0 Å². The van der Waals surface area contributed by atoms with E-state index in [0.29, 0.717) is 5.95 Å². The van der Waals surface area contributed by atoms with Crippen molar-refractivity contribution in [2.75, 3.05) is 18.7 Å². The predicted octanol–water partition coefficient (Wildman–Crippen LogP) is 2.30. The number of aromatic nitrogens is 2. The number of hydrogen-bond acceptors (Lipinski definition) is 5. The van der Waals surface area contributed by atoms with E-state index in [1.807, 2.05) is 25.1 Å². The lowest BCUT2D eigenvalue weighted by Crippen LogP contribution is -2.01. The molecule has 0 radical (unpaired) electrons. The van der Waals surface area contributed by atoms with Gasteiger partial charge in [-0.1, -0.05) is 6.07 Å². The van der Waals surface area contributed by atoms with Crippen LogP contribution in [-0.2, 0) is 0 Å². The highest BCUT2D eigenvalue weighted by Crippen LogP contribution is 2.35. The Morgan fingerprint density at radius 3 is 2.67 bits per heavy atom. The van der Waals surface area contributed by atoms with Crippen LogP contribution in [0, 0.1) is 0 Å². The van der Waals surface area contributed by atoms with Gasteiger partial charge in [0.05, 0.1) is 0 Å². The fourth-order valence-electron chi connectivity index (χ4n) is 1.80. The molecule has 2 aromatic rings. The van der Waals surface area contributed by atoms with Crippen LogP contribution in [0.3, 0.4) is 0 Å². The van der Waals surface area contributed by atoms with E-state index < -0.39 is 0 Å². The second kappa shape index (κ2) is 4.52. The summed E-state index contributed by atoms with van der Waals surface area (Å²) in [5.74, 6) is 2.19. The van der Waals surface area contributed by atoms with E-state index in [0.717, 1.165) is 29.2 Å². The molecule has 1 aliphatic rings. The molecule has 0 fully saturated rings. The first-order valence-corrected chi connectivity index (χ1v) is 5.83. The molecule has 0 amide bonds. The molecule has 1 aromatic heterocycles. The van der Waals surface area contributed by atoms with Gasteiger partial charge in [-0.25, -0.2) is 9.97 Å².